The lowest BCUT2D eigenvalue weighted by atomic mass is 9.92. The van der Waals surface area contributed by atoms with Gasteiger partial charge in [-0.15, -0.1) is 0 Å². The fourth-order valence-corrected chi connectivity index (χ4v) is 3.62. The molecule has 1 N–H and O–H groups in total. The van der Waals surface area contributed by atoms with Crippen LogP contribution < -0.4 is 0 Å². The van der Waals surface area contributed by atoms with Gasteiger partial charge in [0.1, 0.15) is 18.3 Å². The van der Waals surface area contributed by atoms with Crippen LogP contribution in [0.15, 0.2) is 18.2 Å². The molecule has 0 spiro atoms. The molecular weight excluding hydrogens is 347 g/mol. The minimum atomic E-state index is -0.918. The number of aliphatic hydroxyl groups excluding tert-OH is 1. The van der Waals surface area contributed by atoms with E-state index in [0.717, 1.165) is 0 Å². The van der Waals surface area contributed by atoms with Gasteiger partial charge in [-0.05, 0) is 38.5 Å². The number of aliphatic hydroxyl groups is 1. The monoisotopic (exact) mass is 364 g/mol. The van der Waals surface area contributed by atoms with Crippen LogP contribution in [-0.2, 0) is 14.2 Å². The Kier molecular flexibility index (Phi) is 4.22. The van der Waals surface area contributed by atoms with Gasteiger partial charge < -0.3 is 19.3 Å². The molecule has 0 amide bonds. The zero-order chi connectivity index (χ0) is 16.3. The standard InChI is InChI=1S/C15H18Cl2O4S/c1-14(2)20-12-13(21-14)19-11(15(12,3)22)10(18)7-4-5-8(16)9(17)6-7/h4-6,10-13,18,22H,1-3H3/t10-,11-,12+,13-,15-/m1/s1. The van der Waals surface area contributed by atoms with Crippen molar-refractivity contribution in [2.24, 2.45) is 0 Å². The molecule has 2 aliphatic heterocycles. The maximum Gasteiger partial charge on any atom is 0.189 e. The van der Waals surface area contributed by atoms with E-state index in [0.29, 0.717) is 15.6 Å². The summed E-state index contributed by atoms with van der Waals surface area (Å²) in [5.41, 5.74) is 0.610. The quantitative estimate of drug-likeness (QED) is 0.787. The molecule has 0 aliphatic carbocycles. The summed E-state index contributed by atoms with van der Waals surface area (Å²) in [7, 11) is 0. The lowest BCUT2D eigenvalue weighted by Gasteiger charge is -2.33. The average Bonchev–Trinajstić information content (AvgIpc) is 2.84. The van der Waals surface area contributed by atoms with Gasteiger partial charge in [0, 0.05) is 0 Å². The van der Waals surface area contributed by atoms with E-state index in [1.165, 1.54) is 0 Å². The van der Waals surface area contributed by atoms with E-state index in [4.69, 9.17) is 37.4 Å². The van der Waals surface area contributed by atoms with Gasteiger partial charge in [0.25, 0.3) is 0 Å². The lowest BCUT2D eigenvalue weighted by Crippen LogP contribution is -2.44. The number of benzene rings is 1. The van der Waals surface area contributed by atoms with Crippen LogP contribution in [-0.4, -0.2) is 34.1 Å². The maximum atomic E-state index is 10.7. The molecule has 2 saturated heterocycles. The summed E-state index contributed by atoms with van der Waals surface area (Å²) >= 11 is 16.6. The van der Waals surface area contributed by atoms with Crippen LogP contribution in [0.4, 0.5) is 0 Å². The van der Waals surface area contributed by atoms with Crippen LogP contribution in [0.25, 0.3) is 0 Å². The largest absolute Gasteiger partial charge is 0.386 e. The minimum absolute atomic E-state index is 0.367. The Morgan fingerprint density at radius 2 is 1.86 bits per heavy atom. The lowest BCUT2D eigenvalue weighted by molar-refractivity contribution is -0.217. The topological polar surface area (TPSA) is 47.9 Å². The Balaban J connectivity index is 1.85. The number of halogens is 2. The fraction of sp³-hybridized carbons (Fsp3) is 0.600. The fourth-order valence-electron chi connectivity index (χ4n) is 2.93. The van der Waals surface area contributed by atoms with Crippen molar-refractivity contribution in [2.45, 2.75) is 55.9 Å². The Labute approximate surface area is 145 Å². The summed E-state index contributed by atoms with van der Waals surface area (Å²) in [6, 6.07) is 4.98. The maximum absolute atomic E-state index is 10.7. The van der Waals surface area contributed by atoms with Crippen LogP contribution in [0.3, 0.4) is 0 Å². The first-order valence-electron chi connectivity index (χ1n) is 6.98. The van der Waals surface area contributed by atoms with Gasteiger partial charge in [0.05, 0.1) is 14.8 Å². The highest BCUT2D eigenvalue weighted by molar-refractivity contribution is 7.82. The second-order valence-corrected chi connectivity index (χ2v) is 8.10. The van der Waals surface area contributed by atoms with E-state index < -0.39 is 29.0 Å². The number of hydrogen-bond donors (Lipinski definition) is 2. The second kappa shape index (κ2) is 5.52. The molecule has 1 aromatic rings. The third kappa shape index (κ3) is 2.77. The smallest absolute Gasteiger partial charge is 0.189 e. The number of thiol groups is 1. The molecule has 1 aromatic carbocycles. The number of ether oxygens (including phenoxy) is 3. The van der Waals surface area contributed by atoms with Gasteiger partial charge in [-0.1, -0.05) is 29.3 Å². The summed E-state index contributed by atoms with van der Waals surface area (Å²) in [6.45, 7) is 5.52. The molecule has 122 valence electrons. The molecule has 5 atom stereocenters. The Morgan fingerprint density at radius 3 is 2.45 bits per heavy atom. The van der Waals surface area contributed by atoms with Gasteiger partial charge in [-0.2, -0.15) is 12.6 Å². The molecule has 22 heavy (non-hydrogen) atoms. The first-order valence-corrected chi connectivity index (χ1v) is 8.18. The highest BCUT2D eigenvalue weighted by Gasteiger charge is 2.61. The summed E-state index contributed by atoms with van der Waals surface area (Å²) in [5, 5.41) is 11.5. The van der Waals surface area contributed by atoms with Crippen LogP contribution >= 0.6 is 35.8 Å². The van der Waals surface area contributed by atoms with E-state index in [-0.39, 0.29) is 6.10 Å². The van der Waals surface area contributed by atoms with Gasteiger partial charge in [0.15, 0.2) is 12.1 Å². The minimum Gasteiger partial charge on any atom is -0.386 e. The van der Waals surface area contributed by atoms with Gasteiger partial charge in [-0.3, -0.25) is 0 Å². The Morgan fingerprint density at radius 1 is 1.18 bits per heavy atom. The molecule has 2 fully saturated rings. The zero-order valence-electron chi connectivity index (χ0n) is 12.4. The highest BCUT2D eigenvalue weighted by Crippen LogP contribution is 2.49. The van der Waals surface area contributed by atoms with Crippen LogP contribution in [0.5, 0.6) is 0 Å². The van der Waals surface area contributed by atoms with Crippen molar-refractivity contribution in [3.63, 3.8) is 0 Å². The molecule has 2 heterocycles. The number of hydrogen-bond acceptors (Lipinski definition) is 5. The number of rotatable bonds is 2. The summed E-state index contributed by atoms with van der Waals surface area (Å²) in [5.74, 6) is -0.723. The predicted octanol–water partition coefficient (Wildman–Crippen LogP) is 3.59. The third-order valence-corrected chi connectivity index (χ3v) is 5.31. The van der Waals surface area contributed by atoms with E-state index in [1.807, 2.05) is 20.8 Å². The SMILES string of the molecule is CC1(C)O[C@H]2O[C@H]([C@H](O)c3ccc(Cl)c(Cl)c3)[C@@](C)(S)[C@H]2O1. The van der Waals surface area contributed by atoms with Gasteiger partial charge in [0.2, 0.25) is 0 Å². The van der Waals surface area contributed by atoms with Crippen molar-refractivity contribution in [2.75, 3.05) is 0 Å². The zero-order valence-corrected chi connectivity index (χ0v) is 14.8. The van der Waals surface area contributed by atoms with Gasteiger partial charge >= 0.3 is 0 Å². The Hall–Kier alpha value is -0.0100. The van der Waals surface area contributed by atoms with E-state index in [1.54, 1.807) is 18.2 Å². The molecule has 3 rings (SSSR count). The van der Waals surface area contributed by atoms with Crippen LogP contribution in [0.2, 0.25) is 10.0 Å². The summed E-state index contributed by atoms with van der Waals surface area (Å²) in [6.07, 6.45) is -2.44. The van der Waals surface area contributed by atoms with Crippen molar-refractivity contribution in [1.29, 1.82) is 0 Å². The number of fused-ring (bicyclic) bond motifs is 1. The van der Waals surface area contributed by atoms with Crippen LogP contribution in [0, 0.1) is 0 Å². The van der Waals surface area contributed by atoms with Crippen molar-refractivity contribution in [1.82, 2.24) is 0 Å². The first kappa shape index (κ1) is 16.8. The molecule has 0 saturated carbocycles. The Bertz CT molecular complexity index is 593. The molecule has 2 aliphatic rings. The summed E-state index contributed by atoms with van der Waals surface area (Å²) in [4.78, 5) is 0. The molecule has 0 bridgehead atoms. The summed E-state index contributed by atoms with van der Waals surface area (Å²) < 4.78 is 16.7. The van der Waals surface area contributed by atoms with Gasteiger partial charge in [-0.25, -0.2) is 0 Å². The predicted molar refractivity (Wildman–Crippen MR) is 87.5 cm³/mol. The van der Waals surface area contributed by atoms with E-state index >= 15 is 0 Å². The molecule has 4 nitrogen and oxygen atoms in total. The molecule has 0 radical (unpaired) electrons. The van der Waals surface area contributed by atoms with Crippen LogP contribution in [0.1, 0.15) is 32.4 Å². The van der Waals surface area contributed by atoms with Crippen molar-refractivity contribution < 1.29 is 19.3 Å². The highest BCUT2D eigenvalue weighted by atomic mass is 35.5. The first-order chi connectivity index (χ1) is 10.1. The molecule has 0 unspecified atom stereocenters. The van der Waals surface area contributed by atoms with E-state index in [9.17, 15) is 5.11 Å². The normalized spacial score (nSPS) is 38.0. The molecular formula is C15H18Cl2O4S. The van der Waals surface area contributed by atoms with E-state index in [2.05, 4.69) is 12.6 Å². The third-order valence-electron chi connectivity index (χ3n) is 4.06. The van der Waals surface area contributed by atoms with Crippen molar-refractivity contribution in [3.05, 3.63) is 33.8 Å². The molecule has 0 aromatic heterocycles. The second-order valence-electron chi connectivity index (χ2n) is 6.33. The molecule has 7 heteroatoms. The average molecular weight is 365 g/mol. The van der Waals surface area contributed by atoms with Crippen molar-refractivity contribution in [3.8, 4) is 0 Å². The van der Waals surface area contributed by atoms with Crippen molar-refractivity contribution >= 4 is 35.8 Å².